The number of carbonyl (C=O) groups excluding carboxylic acids is 1. The van der Waals surface area contributed by atoms with Crippen molar-refractivity contribution in [1.29, 1.82) is 0 Å². The Morgan fingerprint density at radius 3 is 2.41 bits per heavy atom. The molecular formula is C24H28N6O2. The van der Waals surface area contributed by atoms with Crippen LogP contribution in [0.5, 0.6) is 5.88 Å². The van der Waals surface area contributed by atoms with Gasteiger partial charge in [-0.3, -0.25) is 4.79 Å². The molecule has 8 nitrogen and oxygen atoms in total. The molecule has 1 saturated carbocycles. The molecule has 1 amide bonds. The van der Waals surface area contributed by atoms with Crippen molar-refractivity contribution in [2.75, 3.05) is 29.6 Å². The number of amides is 1. The summed E-state index contributed by atoms with van der Waals surface area (Å²) in [6, 6.07) is 12.8. The van der Waals surface area contributed by atoms with Crippen LogP contribution in [0.15, 0.2) is 48.7 Å². The molecule has 0 saturated heterocycles. The largest absolute Gasteiger partial charge is 0.474 e. The van der Waals surface area contributed by atoms with Gasteiger partial charge in [0, 0.05) is 49.5 Å². The zero-order chi connectivity index (χ0) is 22.5. The molecule has 0 radical (unpaired) electrons. The second-order valence-electron chi connectivity index (χ2n) is 8.15. The number of hydrogen-bond donors (Lipinski definition) is 2. The van der Waals surface area contributed by atoms with E-state index in [1.165, 1.54) is 12.8 Å². The minimum atomic E-state index is -0.219. The molecule has 4 rings (SSSR count). The van der Waals surface area contributed by atoms with Crippen molar-refractivity contribution in [2.24, 2.45) is 0 Å². The minimum absolute atomic E-state index is 0.219. The molecule has 1 aliphatic carbocycles. The lowest BCUT2D eigenvalue weighted by Crippen LogP contribution is -2.14. The van der Waals surface area contributed by atoms with Crippen molar-refractivity contribution in [3.8, 4) is 5.88 Å². The fourth-order valence-electron chi connectivity index (χ4n) is 3.57. The summed E-state index contributed by atoms with van der Waals surface area (Å²) in [7, 11) is 3.88. The van der Waals surface area contributed by atoms with Crippen molar-refractivity contribution < 1.29 is 9.53 Å². The van der Waals surface area contributed by atoms with Crippen LogP contribution in [-0.2, 0) is 0 Å². The molecule has 2 heterocycles. The van der Waals surface area contributed by atoms with Crippen LogP contribution < -0.4 is 20.3 Å². The van der Waals surface area contributed by atoms with E-state index in [9.17, 15) is 4.79 Å². The minimum Gasteiger partial charge on any atom is -0.474 e. The lowest BCUT2D eigenvalue weighted by molar-refractivity contribution is 0.102. The zero-order valence-electron chi connectivity index (χ0n) is 18.6. The Hall–Kier alpha value is -3.68. The lowest BCUT2D eigenvalue weighted by Gasteiger charge is -2.14. The number of benzene rings is 1. The van der Waals surface area contributed by atoms with Crippen LogP contribution in [0.2, 0.25) is 0 Å². The molecule has 0 atom stereocenters. The number of pyridine rings is 1. The smallest absolute Gasteiger partial charge is 0.257 e. The first kappa shape index (κ1) is 21.5. The summed E-state index contributed by atoms with van der Waals surface area (Å²) in [6.45, 7) is 1.93. The summed E-state index contributed by atoms with van der Waals surface area (Å²) in [6.07, 6.45) is 6.34. The van der Waals surface area contributed by atoms with Gasteiger partial charge in [0.1, 0.15) is 11.9 Å². The van der Waals surface area contributed by atoms with Gasteiger partial charge in [0.25, 0.3) is 5.91 Å². The molecule has 0 bridgehead atoms. The maximum atomic E-state index is 12.6. The van der Waals surface area contributed by atoms with Gasteiger partial charge < -0.3 is 20.3 Å². The number of aromatic nitrogens is 3. The Bertz CT molecular complexity index is 1060. The van der Waals surface area contributed by atoms with Crippen LogP contribution in [0.3, 0.4) is 0 Å². The predicted molar refractivity (Wildman–Crippen MR) is 126 cm³/mol. The van der Waals surface area contributed by atoms with Crippen molar-refractivity contribution in [3.63, 3.8) is 0 Å². The molecule has 166 valence electrons. The molecule has 0 unspecified atom stereocenters. The highest BCUT2D eigenvalue weighted by atomic mass is 16.5. The van der Waals surface area contributed by atoms with E-state index in [4.69, 9.17) is 4.74 Å². The van der Waals surface area contributed by atoms with Gasteiger partial charge in [-0.25, -0.2) is 9.97 Å². The molecular weight excluding hydrogens is 404 g/mol. The van der Waals surface area contributed by atoms with Gasteiger partial charge in [-0.05, 0) is 62.9 Å². The van der Waals surface area contributed by atoms with Gasteiger partial charge in [0.05, 0.1) is 5.56 Å². The maximum absolute atomic E-state index is 12.6. The van der Waals surface area contributed by atoms with Crippen molar-refractivity contribution in [3.05, 3.63) is 59.9 Å². The average Bonchev–Trinajstić information content (AvgIpc) is 3.28. The van der Waals surface area contributed by atoms with Gasteiger partial charge in [-0.2, -0.15) is 4.98 Å². The number of hydrogen-bond acceptors (Lipinski definition) is 7. The van der Waals surface area contributed by atoms with E-state index >= 15 is 0 Å². The summed E-state index contributed by atoms with van der Waals surface area (Å²) in [5.74, 6) is 1.71. The monoisotopic (exact) mass is 432 g/mol. The number of ether oxygens (including phenoxy) is 1. The molecule has 3 aromatic rings. The fraction of sp³-hybridized carbons (Fsp3) is 0.333. The summed E-state index contributed by atoms with van der Waals surface area (Å²) >= 11 is 0. The highest BCUT2D eigenvalue weighted by molar-refractivity contribution is 6.04. The van der Waals surface area contributed by atoms with E-state index in [2.05, 4.69) is 25.6 Å². The summed E-state index contributed by atoms with van der Waals surface area (Å²) in [4.78, 5) is 27.7. The summed E-state index contributed by atoms with van der Waals surface area (Å²) in [5, 5.41) is 6.09. The van der Waals surface area contributed by atoms with Crippen LogP contribution in [-0.4, -0.2) is 41.1 Å². The Kier molecular flexibility index (Phi) is 6.49. The molecule has 1 aliphatic rings. The summed E-state index contributed by atoms with van der Waals surface area (Å²) in [5.41, 5.74) is 2.87. The van der Waals surface area contributed by atoms with E-state index in [0.29, 0.717) is 23.1 Å². The Morgan fingerprint density at radius 2 is 1.75 bits per heavy atom. The quantitative estimate of drug-likeness (QED) is 0.565. The first-order valence-electron chi connectivity index (χ1n) is 10.8. The van der Waals surface area contributed by atoms with Gasteiger partial charge in [-0.1, -0.05) is 0 Å². The zero-order valence-corrected chi connectivity index (χ0v) is 18.6. The van der Waals surface area contributed by atoms with Crippen molar-refractivity contribution >= 4 is 29.0 Å². The molecule has 2 N–H and O–H groups in total. The second kappa shape index (κ2) is 9.64. The Labute approximate surface area is 188 Å². The third kappa shape index (κ3) is 5.51. The van der Waals surface area contributed by atoms with Crippen LogP contribution >= 0.6 is 0 Å². The first-order chi connectivity index (χ1) is 15.5. The Morgan fingerprint density at radius 1 is 1.03 bits per heavy atom. The number of nitrogens with one attached hydrogen (secondary N) is 2. The SMILES string of the molecule is Cc1cc(N(C)C)nc(Nc2ccc(NC(=O)c3ccc(OC4CCCC4)nc3)cc2)n1. The molecule has 1 fully saturated rings. The average molecular weight is 433 g/mol. The van der Waals surface area contributed by atoms with Crippen LogP contribution in [0.25, 0.3) is 0 Å². The molecule has 0 aliphatic heterocycles. The number of aryl methyl sites for hydroxylation is 1. The maximum Gasteiger partial charge on any atom is 0.257 e. The predicted octanol–water partition coefficient (Wildman–Crippen LogP) is 4.56. The number of rotatable bonds is 7. The standard InChI is InChI=1S/C24H28N6O2/c1-16-14-21(30(2)3)29-24(26-16)28-19-11-9-18(10-12-19)27-23(31)17-8-13-22(25-15-17)32-20-6-4-5-7-20/h8-15,20H,4-7H2,1-3H3,(H,27,31)(H,26,28,29). The molecule has 2 aromatic heterocycles. The van der Waals surface area contributed by atoms with Crippen molar-refractivity contribution in [1.82, 2.24) is 15.0 Å². The molecule has 32 heavy (non-hydrogen) atoms. The number of nitrogens with zero attached hydrogens (tertiary/aromatic N) is 4. The molecule has 8 heteroatoms. The fourth-order valence-corrected chi connectivity index (χ4v) is 3.57. The van der Waals surface area contributed by atoms with Crippen LogP contribution in [0, 0.1) is 6.92 Å². The van der Waals surface area contributed by atoms with Crippen LogP contribution in [0.4, 0.5) is 23.1 Å². The normalized spacial score (nSPS) is 13.6. The summed E-state index contributed by atoms with van der Waals surface area (Å²) < 4.78 is 5.86. The van der Waals surface area contributed by atoms with E-state index in [1.54, 1.807) is 18.3 Å². The highest BCUT2D eigenvalue weighted by Gasteiger charge is 2.17. The first-order valence-corrected chi connectivity index (χ1v) is 10.8. The van der Waals surface area contributed by atoms with E-state index in [1.807, 2.05) is 56.3 Å². The van der Waals surface area contributed by atoms with Gasteiger partial charge in [0.2, 0.25) is 11.8 Å². The molecule has 0 spiro atoms. The van der Waals surface area contributed by atoms with E-state index in [-0.39, 0.29) is 12.0 Å². The van der Waals surface area contributed by atoms with Gasteiger partial charge in [-0.15, -0.1) is 0 Å². The Balaban J connectivity index is 1.35. The lowest BCUT2D eigenvalue weighted by atomic mass is 10.2. The molecule has 1 aromatic carbocycles. The van der Waals surface area contributed by atoms with Crippen LogP contribution in [0.1, 0.15) is 41.7 Å². The highest BCUT2D eigenvalue weighted by Crippen LogP contribution is 2.23. The second-order valence-corrected chi connectivity index (χ2v) is 8.15. The van der Waals surface area contributed by atoms with Crippen molar-refractivity contribution in [2.45, 2.75) is 38.7 Å². The van der Waals surface area contributed by atoms with E-state index < -0.39 is 0 Å². The number of anilines is 4. The van der Waals surface area contributed by atoms with Gasteiger partial charge >= 0.3 is 0 Å². The third-order valence-corrected chi connectivity index (χ3v) is 5.29. The van der Waals surface area contributed by atoms with Gasteiger partial charge in [0.15, 0.2) is 0 Å². The number of carbonyl (C=O) groups is 1. The van der Waals surface area contributed by atoms with E-state index in [0.717, 1.165) is 30.0 Å². The topological polar surface area (TPSA) is 92.3 Å². The third-order valence-electron chi connectivity index (χ3n) is 5.29.